The number of fused-ring (bicyclic) bond motifs is 1. The summed E-state index contributed by atoms with van der Waals surface area (Å²) in [7, 11) is 0.0963. The normalized spacial score (nSPS) is 15.6. The van der Waals surface area contributed by atoms with E-state index in [1.54, 1.807) is 24.5 Å². The molecule has 1 aliphatic rings. The minimum Gasteiger partial charge on any atom is -0.497 e. The first-order chi connectivity index (χ1) is 14.0. The molecule has 3 aromatic rings. The summed E-state index contributed by atoms with van der Waals surface area (Å²) in [5.74, 6) is 0.750. The second-order valence-corrected chi connectivity index (χ2v) is 8.70. The quantitative estimate of drug-likeness (QED) is 0.613. The van der Waals surface area contributed by atoms with Gasteiger partial charge in [-0.3, -0.25) is 13.4 Å². The van der Waals surface area contributed by atoms with Gasteiger partial charge in [0.1, 0.15) is 5.75 Å². The van der Waals surface area contributed by atoms with E-state index in [1.165, 1.54) is 4.31 Å². The number of benzene rings is 3. The van der Waals surface area contributed by atoms with Gasteiger partial charge in [0, 0.05) is 7.05 Å². The molecule has 0 saturated heterocycles. The van der Waals surface area contributed by atoms with E-state index in [-0.39, 0.29) is 0 Å². The van der Waals surface area contributed by atoms with Crippen molar-refractivity contribution in [2.75, 3.05) is 22.8 Å². The lowest BCUT2D eigenvalue weighted by atomic mass is 9.99. The third kappa shape index (κ3) is 3.28. The summed E-state index contributed by atoms with van der Waals surface area (Å²) in [4.78, 5) is 0. The van der Waals surface area contributed by atoms with Crippen LogP contribution >= 0.6 is 11.0 Å². The Bertz CT molecular complexity index is 1090. The Morgan fingerprint density at radius 2 is 1.72 bits per heavy atom. The lowest BCUT2D eigenvalue weighted by molar-refractivity contribution is 0.414. The Hall–Kier alpha value is -3.18. The monoisotopic (exact) mass is 407 g/mol. The summed E-state index contributed by atoms with van der Waals surface area (Å²) in [6.45, 7) is 0.345. The topological polar surface area (TPSA) is 80.0 Å². The number of rotatable bonds is 4. The molecule has 1 aliphatic heterocycles. The van der Waals surface area contributed by atoms with Crippen molar-refractivity contribution in [1.29, 1.82) is 5.26 Å². The molecule has 0 spiro atoms. The molecule has 148 valence electrons. The van der Waals surface area contributed by atoms with Crippen LogP contribution in [0.3, 0.4) is 0 Å². The second-order valence-electron chi connectivity index (χ2n) is 6.73. The van der Waals surface area contributed by atoms with Crippen LogP contribution in [0, 0.1) is 11.3 Å². The SMILES string of the molecule is COc1ccc(CN2c3ccc(-c4ccccc4C#N)cc3N(C)S2(O)O)cc1. The van der Waals surface area contributed by atoms with Crippen LogP contribution < -0.4 is 13.3 Å². The summed E-state index contributed by atoms with van der Waals surface area (Å²) in [6.07, 6.45) is 0. The van der Waals surface area contributed by atoms with Crippen LogP contribution in [0.2, 0.25) is 0 Å². The number of methoxy groups -OCH3 is 1. The van der Waals surface area contributed by atoms with Crippen LogP contribution in [0.4, 0.5) is 11.4 Å². The Morgan fingerprint density at radius 1 is 1.00 bits per heavy atom. The lowest BCUT2D eigenvalue weighted by Gasteiger charge is -2.42. The standard InChI is InChI=1S/C22H21N3O3S/c1-24-22-13-17(20-6-4-3-5-18(20)14-23)9-12-21(22)25(29(24,26)27)15-16-7-10-19(28-2)11-8-16/h3-13,26-27H,15H2,1-2H3. The number of nitrogens with zero attached hydrogens (tertiary/aromatic N) is 3. The molecule has 0 radical (unpaired) electrons. The molecule has 2 N–H and O–H groups in total. The van der Waals surface area contributed by atoms with Crippen molar-refractivity contribution >= 4 is 22.3 Å². The van der Waals surface area contributed by atoms with Crippen LogP contribution in [0.1, 0.15) is 11.1 Å². The smallest absolute Gasteiger partial charge is 0.118 e. The van der Waals surface area contributed by atoms with Gasteiger partial charge < -0.3 is 4.74 Å². The number of ether oxygens (including phenoxy) is 1. The van der Waals surface area contributed by atoms with Crippen molar-refractivity contribution in [3.05, 3.63) is 77.9 Å². The third-order valence-electron chi connectivity index (χ3n) is 5.09. The highest BCUT2D eigenvalue weighted by Crippen LogP contribution is 2.61. The number of nitriles is 1. The van der Waals surface area contributed by atoms with Gasteiger partial charge >= 0.3 is 0 Å². The minimum atomic E-state index is -3.18. The highest BCUT2D eigenvalue weighted by Gasteiger charge is 2.38. The predicted octanol–water partition coefficient (Wildman–Crippen LogP) is 5.27. The van der Waals surface area contributed by atoms with Gasteiger partial charge in [0.05, 0.1) is 36.7 Å². The molecular formula is C22H21N3O3S. The van der Waals surface area contributed by atoms with E-state index in [4.69, 9.17) is 4.74 Å². The third-order valence-corrected chi connectivity index (χ3v) is 6.94. The molecule has 4 rings (SSSR count). The van der Waals surface area contributed by atoms with Crippen molar-refractivity contribution < 1.29 is 13.8 Å². The van der Waals surface area contributed by atoms with Crippen molar-refractivity contribution in [3.63, 3.8) is 0 Å². The van der Waals surface area contributed by atoms with Crippen LogP contribution in [0.25, 0.3) is 11.1 Å². The molecule has 0 unspecified atom stereocenters. The van der Waals surface area contributed by atoms with Crippen LogP contribution in [0.15, 0.2) is 66.7 Å². The number of anilines is 2. The Balaban J connectivity index is 1.73. The van der Waals surface area contributed by atoms with Gasteiger partial charge in [0.15, 0.2) is 0 Å². The fraction of sp³-hybridized carbons (Fsp3) is 0.136. The van der Waals surface area contributed by atoms with Gasteiger partial charge in [-0.25, -0.2) is 4.31 Å². The summed E-state index contributed by atoms with van der Waals surface area (Å²) >= 11 is 0. The average molecular weight is 407 g/mol. The summed E-state index contributed by atoms with van der Waals surface area (Å²) in [5, 5.41) is 9.40. The van der Waals surface area contributed by atoms with Crippen molar-refractivity contribution in [1.82, 2.24) is 0 Å². The number of hydrogen-bond acceptors (Lipinski definition) is 6. The Labute approximate surface area is 171 Å². The largest absolute Gasteiger partial charge is 0.497 e. The molecule has 3 aromatic carbocycles. The molecule has 29 heavy (non-hydrogen) atoms. The van der Waals surface area contributed by atoms with Gasteiger partial charge in [0.2, 0.25) is 0 Å². The van der Waals surface area contributed by atoms with E-state index >= 15 is 0 Å². The zero-order chi connectivity index (χ0) is 20.6. The van der Waals surface area contributed by atoms with E-state index in [0.29, 0.717) is 17.8 Å². The Morgan fingerprint density at radius 3 is 2.41 bits per heavy atom. The Kier molecular flexibility index (Phi) is 4.84. The van der Waals surface area contributed by atoms with E-state index in [0.717, 1.165) is 28.1 Å². The first-order valence-corrected chi connectivity index (χ1v) is 10.5. The van der Waals surface area contributed by atoms with Gasteiger partial charge in [-0.1, -0.05) is 36.4 Å². The zero-order valence-electron chi connectivity index (χ0n) is 16.1. The van der Waals surface area contributed by atoms with E-state index < -0.39 is 11.0 Å². The maximum absolute atomic E-state index is 10.9. The van der Waals surface area contributed by atoms with Crippen molar-refractivity contribution in [2.24, 2.45) is 0 Å². The van der Waals surface area contributed by atoms with E-state index in [1.807, 2.05) is 60.7 Å². The first kappa shape index (κ1) is 19.2. The van der Waals surface area contributed by atoms with Gasteiger partial charge in [-0.05, 0) is 58.0 Å². The molecule has 0 amide bonds. The molecule has 0 aromatic heterocycles. The summed E-state index contributed by atoms with van der Waals surface area (Å²) in [6, 6.07) is 22.8. The van der Waals surface area contributed by atoms with E-state index in [2.05, 4.69) is 6.07 Å². The summed E-state index contributed by atoms with van der Waals surface area (Å²) in [5.41, 5.74) is 4.64. The molecule has 0 saturated carbocycles. The molecule has 0 atom stereocenters. The molecule has 1 heterocycles. The van der Waals surface area contributed by atoms with Crippen LogP contribution in [-0.2, 0) is 6.54 Å². The summed E-state index contributed by atoms with van der Waals surface area (Å²) < 4.78 is 30.1. The lowest BCUT2D eigenvalue weighted by Crippen LogP contribution is -2.30. The number of hydrogen-bond donors (Lipinski definition) is 2. The molecule has 0 aliphatic carbocycles. The molecule has 6 nitrogen and oxygen atoms in total. The second kappa shape index (κ2) is 7.33. The van der Waals surface area contributed by atoms with Crippen LogP contribution in [0.5, 0.6) is 5.75 Å². The van der Waals surface area contributed by atoms with Crippen molar-refractivity contribution in [3.8, 4) is 22.9 Å². The van der Waals surface area contributed by atoms with E-state index in [9.17, 15) is 14.4 Å². The van der Waals surface area contributed by atoms with Gasteiger partial charge in [-0.2, -0.15) is 5.26 Å². The molecule has 0 fully saturated rings. The molecule has 0 bridgehead atoms. The maximum atomic E-state index is 10.9. The zero-order valence-corrected chi connectivity index (χ0v) is 16.9. The van der Waals surface area contributed by atoms with Gasteiger partial charge in [-0.15, -0.1) is 0 Å². The minimum absolute atomic E-state index is 0.345. The van der Waals surface area contributed by atoms with Crippen molar-refractivity contribution in [2.45, 2.75) is 6.54 Å². The first-order valence-electron chi connectivity index (χ1n) is 9.02. The predicted molar refractivity (Wildman–Crippen MR) is 117 cm³/mol. The van der Waals surface area contributed by atoms with Gasteiger partial charge in [0.25, 0.3) is 0 Å². The highest BCUT2D eigenvalue weighted by molar-refractivity contribution is 8.26. The fourth-order valence-corrected chi connectivity index (χ4v) is 4.91. The molecule has 7 heteroatoms. The fourth-order valence-electron chi connectivity index (χ4n) is 3.47. The van der Waals surface area contributed by atoms with Crippen LogP contribution in [-0.4, -0.2) is 23.3 Å². The maximum Gasteiger partial charge on any atom is 0.118 e. The highest BCUT2D eigenvalue weighted by atomic mass is 32.3. The average Bonchev–Trinajstić information content (AvgIpc) is 2.94. The molecular weight excluding hydrogens is 386 g/mol.